The molecule has 0 N–H and O–H groups in total. The Kier molecular flexibility index (Phi) is 3.60. The molecule has 0 spiro atoms. The first-order valence-electron chi connectivity index (χ1n) is 5.64. The number of aryl methyl sites for hydroxylation is 1. The molecular weight excluding hydrogens is 264 g/mol. The van der Waals surface area contributed by atoms with E-state index in [1.807, 2.05) is 0 Å². The van der Waals surface area contributed by atoms with Crippen molar-refractivity contribution in [3.63, 3.8) is 0 Å². The molecule has 0 atom stereocenters. The van der Waals surface area contributed by atoms with Crippen molar-refractivity contribution in [1.29, 1.82) is 0 Å². The molecule has 0 aliphatic heterocycles. The van der Waals surface area contributed by atoms with Crippen LogP contribution in [0.15, 0.2) is 40.9 Å². The molecule has 0 bridgehead atoms. The van der Waals surface area contributed by atoms with Crippen LogP contribution in [0.3, 0.4) is 0 Å². The zero-order chi connectivity index (χ0) is 14.7. The molecule has 0 aliphatic carbocycles. The van der Waals surface area contributed by atoms with Crippen LogP contribution >= 0.6 is 0 Å². The van der Waals surface area contributed by atoms with Gasteiger partial charge in [0.05, 0.1) is 15.9 Å². The number of nitrogens with zero attached hydrogens (tertiary/aromatic N) is 2. The lowest BCUT2D eigenvalue weighted by atomic mass is 10.1. The first-order valence-corrected chi connectivity index (χ1v) is 5.64. The summed E-state index contributed by atoms with van der Waals surface area (Å²) in [5.41, 5.74) is 1.10. The van der Waals surface area contributed by atoms with Gasteiger partial charge in [0.15, 0.2) is 0 Å². The lowest BCUT2D eigenvalue weighted by Gasteiger charge is -2.00. The predicted molar refractivity (Wildman–Crippen MR) is 71.6 cm³/mol. The topological polar surface area (TPSA) is 99.4 Å². The van der Waals surface area contributed by atoms with Crippen molar-refractivity contribution in [2.45, 2.75) is 6.92 Å². The van der Waals surface area contributed by atoms with Crippen LogP contribution in [0.4, 0.5) is 5.69 Å². The van der Waals surface area contributed by atoms with Gasteiger partial charge in [-0.2, -0.15) is 0 Å². The average molecular weight is 274 g/mol. The molecule has 0 radical (unpaired) electrons. The van der Waals surface area contributed by atoms with Gasteiger partial charge in [-0.05, 0) is 19.1 Å². The second kappa shape index (κ2) is 5.35. The van der Waals surface area contributed by atoms with Gasteiger partial charge >= 0.3 is 0 Å². The van der Waals surface area contributed by atoms with Crippen LogP contribution < -0.4 is 0 Å². The first kappa shape index (κ1) is 13.5. The fraction of sp³-hybridized carbons (Fsp3) is 0.0769. The summed E-state index contributed by atoms with van der Waals surface area (Å²) in [6, 6.07) is 7.90. The molecule has 0 saturated heterocycles. The highest BCUT2D eigenvalue weighted by atomic mass is 16.6. The van der Waals surface area contributed by atoms with Gasteiger partial charge in [0.25, 0.3) is 5.69 Å². The molecule has 20 heavy (non-hydrogen) atoms. The number of benzene rings is 1. The van der Waals surface area contributed by atoms with E-state index in [4.69, 9.17) is 4.42 Å². The van der Waals surface area contributed by atoms with E-state index in [1.165, 1.54) is 12.1 Å². The van der Waals surface area contributed by atoms with Crippen molar-refractivity contribution < 1.29 is 14.3 Å². The Morgan fingerprint density at radius 3 is 2.55 bits per heavy atom. The molecule has 7 heteroatoms. The number of hydrogen-bond donors (Lipinski definition) is 0. The van der Waals surface area contributed by atoms with Gasteiger partial charge in [-0.3, -0.25) is 20.2 Å². The first-order chi connectivity index (χ1) is 9.47. The van der Waals surface area contributed by atoms with Crippen molar-refractivity contribution in [3.05, 3.63) is 68.1 Å². The third-order valence-corrected chi connectivity index (χ3v) is 2.68. The number of hydrogen-bond acceptors (Lipinski definition) is 5. The van der Waals surface area contributed by atoms with E-state index >= 15 is 0 Å². The Balaban J connectivity index is 2.35. The molecule has 7 nitrogen and oxygen atoms in total. The number of nitro groups is 2. The maximum absolute atomic E-state index is 10.9. The van der Waals surface area contributed by atoms with E-state index in [9.17, 15) is 20.2 Å². The SMILES string of the molecule is Cc1ccc(-c2ccc(/C=C\[N+](=O)[O-])o2)cc1[N+](=O)[O-]. The summed E-state index contributed by atoms with van der Waals surface area (Å²) in [6.45, 7) is 1.65. The average Bonchev–Trinajstić information content (AvgIpc) is 2.85. The molecule has 0 unspecified atom stereocenters. The van der Waals surface area contributed by atoms with Gasteiger partial charge in [0, 0.05) is 17.2 Å². The minimum absolute atomic E-state index is 0.00119. The van der Waals surface area contributed by atoms with Crippen LogP contribution in [-0.2, 0) is 0 Å². The molecule has 2 rings (SSSR count). The molecule has 1 aromatic heterocycles. The van der Waals surface area contributed by atoms with Gasteiger partial charge in [0.1, 0.15) is 11.5 Å². The van der Waals surface area contributed by atoms with E-state index in [1.54, 1.807) is 31.2 Å². The van der Waals surface area contributed by atoms with Gasteiger partial charge < -0.3 is 4.42 Å². The van der Waals surface area contributed by atoms with Gasteiger partial charge in [-0.15, -0.1) is 0 Å². The standard InChI is InChI=1S/C13H10N2O5/c1-9-2-3-10(8-12(9)15(18)19)13-5-4-11(20-13)6-7-14(16)17/h2-8H,1H3/b7-6-. The number of furan rings is 1. The second-order valence-corrected chi connectivity index (χ2v) is 4.06. The summed E-state index contributed by atoms with van der Waals surface area (Å²) in [5, 5.41) is 21.1. The smallest absolute Gasteiger partial charge is 0.273 e. The molecule has 1 heterocycles. The minimum atomic E-state index is -0.598. The van der Waals surface area contributed by atoms with Crippen molar-refractivity contribution >= 4 is 11.8 Å². The van der Waals surface area contributed by atoms with Crippen molar-refractivity contribution in [3.8, 4) is 11.3 Å². The lowest BCUT2D eigenvalue weighted by molar-refractivity contribution is -0.401. The maximum atomic E-state index is 10.9. The summed E-state index contributed by atoms with van der Waals surface area (Å²) in [7, 11) is 0. The third kappa shape index (κ3) is 2.89. The molecular formula is C13H10N2O5. The minimum Gasteiger partial charge on any atom is -0.457 e. The predicted octanol–water partition coefficient (Wildman–Crippen LogP) is 3.41. The second-order valence-electron chi connectivity index (χ2n) is 4.06. The van der Waals surface area contributed by atoms with E-state index in [0.717, 1.165) is 6.20 Å². The molecule has 1 aromatic carbocycles. The van der Waals surface area contributed by atoms with Crippen LogP contribution in [0.5, 0.6) is 0 Å². The van der Waals surface area contributed by atoms with E-state index in [2.05, 4.69) is 0 Å². The molecule has 102 valence electrons. The Labute approximate surface area is 113 Å². The van der Waals surface area contributed by atoms with Crippen molar-refractivity contribution in [1.82, 2.24) is 0 Å². The van der Waals surface area contributed by atoms with Crippen LogP contribution in [0, 0.1) is 27.2 Å². The largest absolute Gasteiger partial charge is 0.457 e. The highest BCUT2D eigenvalue weighted by Crippen LogP contribution is 2.28. The van der Waals surface area contributed by atoms with Crippen LogP contribution in [0.2, 0.25) is 0 Å². The van der Waals surface area contributed by atoms with Gasteiger partial charge in [-0.1, -0.05) is 12.1 Å². The molecule has 0 saturated carbocycles. The third-order valence-electron chi connectivity index (χ3n) is 2.68. The fourth-order valence-corrected chi connectivity index (χ4v) is 1.69. The Hall–Kier alpha value is -2.96. The van der Waals surface area contributed by atoms with Crippen LogP contribution in [0.25, 0.3) is 17.4 Å². The molecule has 0 aliphatic rings. The van der Waals surface area contributed by atoms with Crippen molar-refractivity contribution in [2.24, 2.45) is 0 Å². The zero-order valence-corrected chi connectivity index (χ0v) is 10.5. The summed E-state index contributed by atoms with van der Waals surface area (Å²) >= 11 is 0. The highest BCUT2D eigenvalue weighted by Gasteiger charge is 2.13. The Morgan fingerprint density at radius 1 is 1.15 bits per heavy atom. The van der Waals surface area contributed by atoms with Gasteiger partial charge in [-0.25, -0.2) is 0 Å². The van der Waals surface area contributed by atoms with E-state index < -0.39 is 9.85 Å². The van der Waals surface area contributed by atoms with E-state index in [-0.39, 0.29) is 5.69 Å². The molecule has 0 fully saturated rings. The highest BCUT2D eigenvalue weighted by molar-refractivity contribution is 5.64. The zero-order valence-electron chi connectivity index (χ0n) is 10.5. The van der Waals surface area contributed by atoms with Gasteiger partial charge in [0.2, 0.25) is 6.20 Å². The number of rotatable bonds is 4. The summed E-state index contributed by atoms with van der Waals surface area (Å²) in [5.74, 6) is 0.719. The summed E-state index contributed by atoms with van der Waals surface area (Å²) in [6.07, 6.45) is 1.98. The normalized spacial score (nSPS) is 10.8. The van der Waals surface area contributed by atoms with Crippen LogP contribution in [0.1, 0.15) is 11.3 Å². The van der Waals surface area contributed by atoms with E-state index in [0.29, 0.717) is 22.6 Å². The molecule has 2 aromatic rings. The quantitative estimate of drug-likeness (QED) is 0.628. The monoisotopic (exact) mass is 274 g/mol. The van der Waals surface area contributed by atoms with Crippen molar-refractivity contribution in [2.75, 3.05) is 0 Å². The molecule has 0 amide bonds. The summed E-state index contributed by atoms with van der Waals surface area (Å²) in [4.78, 5) is 20.0. The maximum Gasteiger partial charge on any atom is 0.273 e. The number of nitro benzene ring substituents is 1. The Bertz CT molecular complexity index is 703. The fourth-order valence-electron chi connectivity index (χ4n) is 1.69. The lowest BCUT2D eigenvalue weighted by Crippen LogP contribution is -1.91. The van der Waals surface area contributed by atoms with Crippen LogP contribution in [-0.4, -0.2) is 9.85 Å². The summed E-state index contributed by atoms with van der Waals surface area (Å²) < 4.78 is 5.38. The Morgan fingerprint density at radius 2 is 1.90 bits per heavy atom.